The zero-order valence-electron chi connectivity index (χ0n) is 13.3. The quantitative estimate of drug-likeness (QED) is 0.887. The van der Waals surface area contributed by atoms with Crippen molar-refractivity contribution in [1.29, 1.82) is 0 Å². The molecule has 124 valence electrons. The van der Waals surface area contributed by atoms with E-state index >= 15 is 0 Å². The number of benzene rings is 1. The largest absolute Gasteiger partial charge is 0.478 e. The number of hydrogen-bond acceptors (Lipinski definition) is 5. The molecule has 2 N–H and O–H groups in total. The molecule has 0 saturated carbocycles. The summed E-state index contributed by atoms with van der Waals surface area (Å²) in [7, 11) is 0. The van der Waals surface area contributed by atoms with Crippen LogP contribution >= 0.6 is 0 Å². The Morgan fingerprint density at radius 3 is 2.71 bits per heavy atom. The predicted octanol–water partition coefficient (Wildman–Crippen LogP) is 1.48. The number of carboxylic acid groups (broad SMARTS) is 1. The number of carbonyl (C=O) groups excluding carboxylic acids is 1. The van der Waals surface area contributed by atoms with Gasteiger partial charge in [-0.3, -0.25) is 4.79 Å². The third kappa shape index (κ3) is 3.34. The topological polar surface area (TPSA) is 95.4 Å². The second-order valence-corrected chi connectivity index (χ2v) is 5.69. The van der Waals surface area contributed by atoms with Crippen molar-refractivity contribution in [3.05, 3.63) is 41.7 Å². The molecule has 0 aliphatic carbocycles. The summed E-state index contributed by atoms with van der Waals surface area (Å²) in [4.78, 5) is 33.3. The Morgan fingerprint density at radius 2 is 2.00 bits per heavy atom. The van der Waals surface area contributed by atoms with Crippen LogP contribution in [0.3, 0.4) is 0 Å². The number of carboxylic acids is 1. The highest BCUT2D eigenvalue weighted by atomic mass is 16.4. The van der Waals surface area contributed by atoms with Crippen molar-refractivity contribution >= 4 is 17.8 Å². The Bertz CT molecular complexity index is 774. The van der Waals surface area contributed by atoms with Crippen LogP contribution in [0.5, 0.6) is 0 Å². The minimum atomic E-state index is -0.962. The molecule has 1 aromatic carbocycles. The van der Waals surface area contributed by atoms with Crippen LogP contribution in [0.4, 0.5) is 5.95 Å². The maximum absolute atomic E-state index is 11.4. The van der Waals surface area contributed by atoms with Crippen molar-refractivity contribution in [2.45, 2.75) is 13.3 Å². The maximum Gasteiger partial charge on any atom is 0.335 e. The normalized spacial score (nSPS) is 14.9. The average molecular weight is 326 g/mol. The Labute approximate surface area is 139 Å². The lowest BCUT2D eigenvalue weighted by Gasteiger charge is -2.19. The van der Waals surface area contributed by atoms with E-state index in [1.54, 1.807) is 30.6 Å². The molecule has 1 aromatic heterocycles. The predicted molar refractivity (Wildman–Crippen MR) is 89.0 cm³/mol. The van der Waals surface area contributed by atoms with E-state index in [2.05, 4.69) is 15.3 Å². The standard InChI is InChI=1S/C17H18N4O3/c1-11-2-3-12(16(23)24)8-14(11)13-9-19-17(20-10-13)21-6-4-15(22)18-5-7-21/h2-3,8-10H,4-7H2,1H3,(H,18,22)(H,23,24). The smallest absolute Gasteiger partial charge is 0.335 e. The van der Waals surface area contributed by atoms with Crippen molar-refractivity contribution in [3.8, 4) is 11.1 Å². The summed E-state index contributed by atoms with van der Waals surface area (Å²) >= 11 is 0. The number of aryl methyl sites for hydroxylation is 1. The van der Waals surface area contributed by atoms with Gasteiger partial charge in [-0.2, -0.15) is 0 Å². The molecule has 7 nitrogen and oxygen atoms in total. The molecule has 2 aromatic rings. The SMILES string of the molecule is Cc1ccc(C(=O)O)cc1-c1cnc(N2CCNC(=O)CC2)nc1. The van der Waals surface area contributed by atoms with E-state index in [-0.39, 0.29) is 11.5 Å². The number of aromatic carboxylic acids is 1. The Balaban J connectivity index is 1.85. The highest BCUT2D eigenvalue weighted by molar-refractivity contribution is 5.89. The van der Waals surface area contributed by atoms with Crippen LogP contribution in [0, 0.1) is 6.92 Å². The van der Waals surface area contributed by atoms with Gasteiger partial charge in [0.1, 0.15) is 0 Å². The van der Waals surface area contributed by atoms with Gasteiger partial charge in [0.15, 0.2) is 0 Å². The average Bonchev–Trinajstić information content (AvgIpc) is 2.80. The van der Waals surface area contributed by atoms with Gasteiger partial charge in [0.05, 0.1) is 5.56 Å². The van der Waals surface area contributed by atoms with Gasteiger partial charge in [0.2, 0.25) is 11.9 Å². The van der Waals surface area contributed by atoms with Gasteiger partial charge in [0, 0.05) is 44.0 Å². The Kier molecular flexibility index (Phi) is 4.41. The summed E-state index contributed by atoms with van der Waals surface area (Å²) in [6.45, 7) is 3.74. The minimum absolute atomic E-state index is 0.0373. The number of hydrogen-bond donors (Lipinski definition) is 2. The fourth-order valence-corrected chi connectivity index (χ4v) is 2.66. The molecule has 0 atom stereocenters. The van der Waals surface area contributed by atoms with E-state index in [1.807, 2.05) is 11.8 Å². The molecule has 1 fully saturated rings. The van der Waals surface area contributed by atoms with Crippen molar-refractivity contribution in [2.24, 2.45) is 0 Å². The fourth-order valence-electron chi connectivity index (χ4n) is 2.66. The van der Waals surface area contributed by atoms with Crippen LogP contribution in [0.2, 0.25) is 0 Å². The summed E-state index contributed by atoms with van der Waals surface area (Å²) in [5, 5.41) is 12.0. The van der Waals surface area contributed by atoms with Crippen LogP contribution in [-0.4, -0.2) is 46.6 Å². The van der Waals surface area contributed by atoms with Crippen LogP contribution < -0.4 is 10.2 Å². The van der Waals surface area contributed by atoms with E-state index < -0.39 is 5.97 Å². The molecule has 7 heteroatoms. The first-order valence-electron chi connectivity index (χ1n) is 7.72. The second-order valence-electron chi connectivity index (χ2n) is 5.69. The molecule has 1 aliphatic heterocycles. The third-order valence-electron chi connectivity index (χ3n) is 4.03. The van der Waals surface area contributed by atoms with Gasteiger partial charge < -0.3 is 15.3 Å². The summed E-state index contributed by atoms with van der Waals surface area (Å²) in [5.74, 6) is -0.354. The maximum atomic E-state index is 11.4. The van der Waals surface area contributed by atoms with Crippen molar-refractivity contribution < 1.29 is 14.7 Å². The van der Waals surface area contributed by atoms with Gasteiger partial charge >= 0.3 is 5.97 Å². The molecule has 0 bridgehead atoms. The molecule has 2 heterocycles. The third-order valence-corrected chi connectivity index (χ3v) is 4.03. The van der Waals surface area contributed by atoms with Gasteiger partial charge in [-0.05, 0) is 30.2 Å². The molecule has 3 rings (SSSR count). The van der Waals surface area contributed by atoms with Crippen LogP contribution in [-0.2, 0) is 4.79 Å². The Morgan fingerprint density at radius 1 is 1.25 bits per heavy atom. The molecule has 1 amide bonds. The first kappa shape index (κ1) is 15.9. The zero-order chi connectivity index (χ0) is 17.1. The monoisotopic (exact) mass is 326 g/mol. The number of nitrogens with zero attached hydrogens (tertiary/aromatic N) is 3. The highest BCUT2D eigenvalue weighted by Gasteiger charge is 2.16. The second kappa shape index (κ2) is 6.66. The number of anilines is 1. The lowest BCUT2D eigenvalue weighted by molar-refractivity contribution is -0.120. The number of carbonyl (C=O) groups is 2. The van der Waals surface area contributed by atoms with E-state index in [1.165, 1.54) is 0 Å². The number of rotatable bonds is 3. The number of aromatic nitrogens is 2. The fraction of sp³-hybridized carbons (Fsp3) is 0.294. The van der Waals surface area contributed by atoms with Crippen LogP contribution in [0.25, 0.3) is 11.1 Å². The van der Waals surface area contributed by atoms with Crippen LogP contribution in [0.1, 0.15) is 22.3 Å². The molecule has 0 unspecified atom stereocenters. The van der Waals surface area contributed by atoms with E-state index in [4.69, 9.17) is 5.11 Å². The first-order valence-corrected chi connectivity index (χ1v) is 7.72. The molecule has 1 saturated heterocycles. The Hall–Kier alpha value is -2.96. The lowest BCUT2D eigenvalue weighted by Crippen LogP contribution is -2.29. The van der Waals surface area contributed by atoms with Crippen molar-refractivity contribution in [3.63, 3.8) is 0 Å². The van der Waals surface area contributed by atoms with E-state index in [9.17, 15) is 9.59 Å². The molecule has 0 radical (unpaired) electrons. The lowest BCUT2D eigenvalue weighted by atomic mass is 10.0. The number of amides is 1. The van der Waals surface area contributed by atoms with Crippen LogP contribution in [0.15, 0.2) is 30.6 Å². The molecular formula is C17H18N4O3. The highest BCUT2D eigenvalue weighted by Crippen LogP contribution is 2.24. The van der Waals surface area contributed by atoms with Gasteiger partial charge in [-0.1, -0.05) is 6.07 Å². The summed E-state index contributed by atoms with van der Waals surface area (Å²) in [5.41, 5.74) is 2.76. The molecular weight excluding hydrogens is 308 g/mol. The van der Waals surface area contributed by atoms with Crippen molar-refractivity contribution in [1.82, 2.24) is 15.3 Å². The summed E-state index contributed by atoms with van der Waals surface area (Å²) < 4.78 is 0. The minimum Gasteiger partial charge on any atom is -0.478 e. The summed E-state index contributed by atoms with van der Waals surface area (Å²) in [6.07, 6.45) is 3.80. The summed E-state index contributed by atoms with van der Waals surface area (Å²) in [6, 6.07) is 4.99. The van der Waals surface area contributed by atoms with E-state index in [0.717, 1.165) is 16.7 Å². The van der Waals surface area contributed by atoms with Crippen molar-refractivity contribution in [2.75, 3.05) is 24.5 Å². The van der Waals surface area contributed by atoms with E-state index in [0.29, 0.717) is 32.0 Å². The first-order chi connectivity index (χ1) is 11.5. The van der Waals surface area contributed by atoms with Gasteiger partial charge in [0.25, 0.3) is 0 Å². The van der Waals surface area contributed by atoms with Gasteiger partial charge in [-0.25, -0.2) is 14.8 Å². The zero-order valence-corrected chi connectivity index (χ0v) is 13.3. The molecule has 0 spiro atoms. The van der Waals surface area contributed by atoms with Gasteiger partial charge in [-0.15, -0.1) is 0 Å². The molecule has 1 aliphatic rings. The number of nitrogens with one attached hydrogen (secondary N) is 1. The molecule has 24 heavy (non-hydrogen) atoms.